The van der Waals surface area contributed by atoms with Crippen LogP contribution in [0.25, 0.3) is 0 Å². The number of aryl methyl sites for hydroxylation is 1. The van der Waals surface area contributed by atoms with Gasteiger partial charge in [-0.3, -0.25) is 0 Å². The zero-order chi connectivity index (χ0) is 14.5. The number of nitrogens with one attached hydrogen (secondary N) is 1. The molecule has 0 fully saturated rings. The van der Waals surface area contributed by atoms with E-state index >= 15 is 0 Å². The Morgan fingerprint density at radius 2 is 1.75 bits per heavy atom. The van der Waals surface area contributed by atoms with Crippen LogP contribution in [0, 0.1) is 6.92 Å². The quantitative estimate of drug-likeness (QED) is 0.581. The zero-order valence-corrected chi connectivity index (χ0v) is 13.2. The van der Waals surface area contributed by atoms with Crippen molar-refractivity contribution in [2.24, 2.45) is 0 Å². The van der Waals surface area contributed by atoms with Gasteiger partial charge in [0.2, 0.25) is 0 Å². The molecule has 0 heterocycles. The lowest BCUT2D eigenvalue weighted by Gasteiger charge is -2.11. The molecule has 0 amide bonds. The number of halogens is 3. The Morgan fingerprint density at radius 1 is 1.00 bits per heavy atom. The lowest BCUT2D eigenvalue weighted by atomic mass is 10.2. The van der Waals surface area contributed by atoms with Gasteiger partial charge in [0.05, 0.1) is 20.8 Å². The molecule has 2 rings (SSSR count). The Morgan fingerprint density at radius 3 is 2.50 bits per heavy atom. The van der Waals surface area contributed by atoms with Gasteiger partial charge in [0.1, 0.15) is 12.4 Å². The minimum atomic E-state index is 0.443. The van der Waals surface area contributed by atoms with E-state index in [2.05, 4.69) is 5.32 Å². The van der Waals surface area contributed by atoms with Gasteiger partial charge >= 0.3 is 0 Å². The van der Waals surface area contributed by atoms with Crippen LogP contribution in [0.5, 0.6) is 5.75 Å². The molecule has 0 aromatic heterocycles. The summed E-state index contributed by atoms with van der Waals surface area (Å²) >= 11 is 17.9. The Kier molecular flexibility index (Phi) is 5.41. The standard InChI is InChI=1S/C15H14Cl3NO/c1-10-3-2-4-11(7-10)20-6-5-19-15-9-13(17)12(16)8-14(15)18/h2-4,7-9,19H,5-6H2,1H3. The Labute approximate surface area is 133 Å². The van der Waals surface area contributed by atoms with Gasteiger partial charge < -0.3 is 10.1 Å². The largest absolute Gasteiger partial charge is 0.492 e. The van der Waals surface area contributed by atoms with Crippen molar-refractivity contribution in [2.45, 2.75) is 6.92 Å². The first kappa shape index (κ1) is 15.3. The first-order valence-corrected chi connectivity index (χ1v) is 7.27. The summed E-state index contributed by atoms with van der Waals surface area (Å²) in [7, 11) is 0. The highest BCUT2D eigenvalue weighted by Crippen LogP contribution is 2.32. The highest BCUT2D eigenvalue weighted by atomic mass is 35.5. The van der Waals surface area contributed by atoms with E-state index in [1.54, 1.807) is 12.1 Å². The number of hydrogen-bond donors (Lipinski definition) is 1. The summed E-state index contributed by atoms with van der Waals surface area (Å²) in [6, 6.07) is 11.2. The number of hydrogen-bond acceptors (Lipinski definition) is 2. The van der Waals surface area contributed by atoms with Crippen LogP contribution in [0.15, 0.2) is 36.4 Å². The molecule has 1 N–H and O–H groups in total. The molecule has 5 heteroatoms. The fourth-order valence-corrected chi connectivity index (χ4v) is 2.33. The zero-order valence-electron chi connectivity index (χ0n) is 10.9. The van der Waals surface area contributed by atoms with Crippen molar-refractivity contribution in [2.75, 3.05) is 18.5 Å². The highest BCUT2D eigenvalue weighted by molar-refractivity contribution is 6.44. The van der Waals surface area contributed by atoms with E-state index in [1.165, 1.54) is 5.56 Å². The fourth-order valence-electron chi connectivity index (χ4n) is 1.72. The third-order valence-electron chi connectivity index (χ3n) is 2.69. The molecule has 0 aliphatic rings. The molecule has 0 bridgehead atoms. The molecule has 2 aromatic rings. The normalized spacial score (nSPS) is 10.4. The van der Waals surface area contributed by atoms with E-state index in [9.17, 15) is 0 Å². The lowest BCUT2D eigenvalue weighted by molar-refractivity contribution is 0.332. The fraction of sp³-hybridized carbons (Fsp3) is 0.200. The van der Waals surface area contributed by atoms with Gasteiger partial charge in [-0.1, -0.05) is 46.9 Å². The van der Waals surface area contributed by atoms with Gasteiger partial charge in [-0.15, -0.1) is 0 Å². The molecule has 106 valence electrons. The van der Waals surface area contributed by atoms with Gasteiger partial charge in [-0.2, -0.15) is 0 Å². The highest BCUT2D eigenvalue weighted by Gasteiger charge is 2.05. The third kappa shape index (κ3) is 4.20. The second-order valence-electron chi connectivity index (χ2n) is 4.34. The summed E-state index contributed by atoms with van der Waals surface area (Å²) in [5.74, 6) is 0.854. The van der Waals surface area contributed by atoms with Crippen LogP contribution in [-0.2, 0) is 0 Å². The van der Waals surface area contributed by atoms with Crippen molar-refractivity contribution in [1.82, 2.24) is 0 Å². The first-order valence-electron chi connectivity index (χ1n) is 6.14. The van der Waals surface area contributed by atoms with E-state index in [-0.39, 0.29) is 0 Å². The Hall–Kier alpha value is -1.09. The maximum Gasteiger partial charge on any atom is 0.119 e. The van der Waals surface area contributed by atoms with Crippen molar-refractivity contribution in [3.05, 3.63) is 57.0 Å². The summed E-state index contributed by atoms with van der Waals surface area (Å²) in [5.41, 5.74) is 1.91. The molecule has 20 heavy (non-hydrogen) atoms. The summed E-state index contributed by atoms with van der Waals surface area (Å²) in [5, 5.41) is 4.62. The molecule has 0 unspecified atom stereocenters. The molecule has 2 nitrogen and oxygen atoms in total. The van der Waals surface area contributed by atoms with Crippen molar-refractivity contribution >= 4 is 40.5 Å². The molecular weight excluding hydrogens is 317 g/mol. The average molecular weight is 331 g/mol. The van der Waals surface area contributed by atoms with Crippen molar-refractivity contribution in [1.29, 1.82) is 0 Å². The molecule has 0 saturated heterocycles. The molecule has 0 radical (unpaired) electrons. The Bertz CT molecular complexity index is 602. The molecule has 0 saturated carbocycles. The van der Waals surface area contributed by atoms with E-state index in [0.29, 0.717) is 28.2 Å². The molecule has 2 aromatic carbocycles. The smallest absolute Gasteiger partial charge is 0.119 e. The third-order valence-corrected chi connectivity index (χ3v) is 3.72. The van der Waals surface area contributed by atoms with Gasteiger partial charge in [0, 0.05) is 6.54 Å². The molecule has 0 atom stereocenters. The van der Waals surface area contributed by atoms with Crippen LogP contribution < -0.4 is 10.1 Å². The second-order valence-corrected chi connectivity index (χ2v) is 5.56. The SMILES string of the molecule is Cc1cccc(OCCNc2cc(Cl)c(Cl)cc2Cl)c1. The minimum absolute atomic E-state index is 0.443. The van der Waals surface area contributed by atoms with E-state index < -0.39 is 0 Å². The van der Waals surface area contributed by atoms with Crippen LogP contribution in [0.1, 0.15) is 5.56 Å². The van der Waals surface area contributed by atoms with Gasteiger partial charge in [-0.05, 0) is 36.8 Å². The van der Waals surface area contributed by atoms with E-state index in [4.69, 9.17) is 39.5 Å². The summed E-state index contributed by atoms with van der Waals surface area (Å²) in [6.45, 7) is 3.17. The maximum atomic E-state index is 6.07. The van der Waals surface area contributed by atoms with Crippen LogP contribution in [0.2, 0.25) is 15.1 Å². The van der Waals surface area contributed by atoms with Crippen LogP contribution in [0.3, 0.4) is 0 Å². The first-order chi connectivity index (χ1) is 9.56. The predicted molar refractivity (Wildman–Crippen MR) is 86.6 cm³/mol. The van der Waals surface area contributed by atoms with Crippen molar-refractivity contribution < 1.29 is 4.74 Å². The molecule has 0 aliphatic heterocycles. The lowest BCUT2D eigenvalue weighted by Crippen LogP contribution is -2.11. The average Bonchev–Trinajstić information content (AvgIpc) is 2.40. The topological polar surface area (TPSA) is 21.3 Å². The Balaban J connectivity index is 1.86. The number of benzene rings is 2. The van der Waals surface area contributed by atoms with Gasteiger partial charge in [0.25, 0.3) is 0 Å². The van der Waals surface area contributed by atoms with Crippen LogP contribution in [0.4, 0.5) is 5.69 Å². The maximum absolute atomic E-state index is 6.07. The molecule has 0 aliphatic carbocycles. The second kappa shape index (κ2) is 7.07. The molecule has 0 spiro atoms. The van der Waals surface area contributed by atoms with E-state index in [1.807, 2.05) is 31.2 Å². The van der Waals surface area contributed by atoms with Crippen LogP contribution >= 0.6 is 34.8 Å². The predicted octanol–water partition coefficient (Wildman–Crippen LogP) is 5.45. The van der Waals surface area contributed by atoms with Gasteiger partial charge in [0.15, 0.2) is 0 Å². The summed E-state index contributed by atoms with van der Waals surface area (Å²) < 4.78 is 5.64. The van der Waals surface area contributed by atoms with Crippen molar-refractivity contribution in [3.8, 4) is 5.75 Å². The van der Waals surface area contributed by atoms with Crippen LogP contribution in [-0.4, -0.2) is 13.2 Å². The minimum Gasteiger partial charge on any atom is -0.492 e. The summed E-state index contributed by atoms with van der Waals surface area (Å²) in [6.07, 6.45) is 0. The number of rotatable bonds is 5. The van der Waals surface area contributed by atoms with E-state index in [0.717, 1.165) is 11.4 Å². The monoisotopic (exact) mass is 329 g/mol. The van der Waals surface area contributed by atoms with Gasteiger partial charge in [-0.25, -0.2) is 0 Å². The number of ether oxygens (including phenoxy) is 1. The summed E-state index contributed by atoms with van der Waals surface area (Å²) in [4.78, 5) is 0. The molecular formula is C15H14Cl3NO. The van der Waals surface area contributed by atoms with Crippen molar-refractivity contribution in [3.63, 3.8) is 0 Å². The number of anilines is 1.